The molecule has 0 spiro atoms. The molecule has 1 rings (SSSR count). The minimum atomic E-state index is -0.140. The second-order valence-corrected chi connectivity index (χ2v) is 4.17. The van der Waals surface area contributed by atoms with Crippen LogP contribution in [0.25, 0.3) is 0 Å². The van der Waals surface area contributed by atoms with Crippen molar-refractivity contribution in [2.45, 2.75) is 6.92 Å². The Morgan fingerprint density at radius 3 is 2.88 bits per heavy atom. The first-order valence-corrected chi connectivity index (χ1v) is 5.67. The van der Waals surface area contributed by atoms with Gasteiger partial charge in [-0.3, -0.25) is 4.79 Å². The number of carbonyl (C=O) groups excluding carboxylic acids is 1. The fraction of sp³-hybridized carbons (Fsp3) is 0.250. The van der Waals surface area contributed by atoms with Gasteiger partial charge in [-0.15, -0.1) is 6.42 Å². The van der Waals surface area contributed by atoms with Gasteiger partial charge in [-0.05, 0) is 25.1 Å². The Morgan fingerprint density at radius 2 is 2.31 bits per heavy atom. The van der Waals surface area contributed by atoms with Crippen LogP contribution in [0, 0.1) is 12.3 Å². The fourth-order valence-corrected chi connectivity index (χ4v) is 1.68. The number of amides is 1. The Labute approximate surface area is 104 Å². The summed E-state index contributed by atoms with van der Waals surface area (Å²) in [5.41, 5.74) is 6.70. The lowest BCUT2D eigenvalue weighted by atomic mass is 10.1. The van der Waals surface area contributed by atoms with Crippen molar-refractivity contribution in [2.75, 3.05) is 18.8 Å². The van der Waals surface area contributed by atoms with Crippen molar-refractivity contribution in [3.63, 3.8) is 0 Å². The van der Waals surface area contributed by atoms with E-state index in [1.807, 2.05) is 6.92 Å². The number of nitrogens with zero attached hydrogens (tertiary/aromatic N) is 1. The smallest absolute Gasteiger partial charge is 0.256 e. The van der Waals surface area contributed by atoms with E-state index in [4.69, 9.17) is 12.2 Å². The molecule has 0 aliphatic heterocycles. The molecular weight excluding hydrogens is 268 g/mol. The third kappa shape index (κ3) is 2.77. The fourth-order valence-electron chi connectivity index (χ4n) is 1.32. The number of terminal acetylenes is 1. The van der Waals surface area contributed by atoms with Gasteiger partial charge >= 0.3 is 0 Å². The van der Waals surface area contributed by atoms with Gasteiger partial charge < -0.3 is 10.6 Å². The van der Waals surface area contributed by atoms with Gasteiger partial charge in [0.05, 0.1) is 12.1 Å². The van der Waals surface area contributed by atoms with E-state index in [9.17, 15) is 4.79 Å². The first kappa shape index (κ1) is 12.6. The summed E-state index contributed by atoms with van der Waals surface area (Å²) in [7, 11) is 0. The number of hydrogen-bond donors (Lipinski definition) is 1. The van der Waals surface area contributed by atoms with Crippen LogP contribution in [-0.4, -0.2) is 23.9 Å². The van der Waals surface area contributed by atoms with Gasteiger partial charge in [0.1, 0.15) is 0 Å². The molecule has 0 aromatic heterocycles. The lowest BCUT2D eigenvalue weighted by Gasteiger charge is -2.19. The molecule has 0 saturated heterocycles. The van der Waals surface area contributed by atoms with Gasteiger partial charge in [-0.1, -0.05) is 21.9 Å². The van der Waals surface area contributed by atoms with E-state index in [1.54, 1.807) is 23.1 Å². The van der Waals surface area contributed by atoms with Gasteiger partial charge in [-0.2, -0.15) is 0 Å². The van der Waals surface area contributed by atoms with Crippen LogP contribution in [0.4, 0.5) is 5.69 Å². The molecule has 1 aromatic rings. The first-order chi connectivity index (χ1) is 7.60. The van der Waals surface area contributed by atoms with Gasteiger partial charge in [0.15, 0.2) is 0 Å². The normalized spacial score (nSPS) is 9.56. The highest BCUT2D eigenvalue weighted by Crippen LogP contribution is 2.19. The average molecular weight is 281 g/mol. The number of nitrogens with two attached hydrogens (primary N) is 1. The zero-order valence-electron chi connectivity index (χ0n) is 9.03. The second kappa shape index (κ2) is 5.57. The molecule has 0 aliphatic carbocycles. The zero-order valence-corrected chi connectivity index (χ0v) is 10.6. The summed E-state index contributed by atoms with van der Waals surface area (Å²) in [5.74, 6) is 2.32. The summed E-state index contributed by atoms with van der Waals surface area (Å²) in [5, 5.41) is 0. The minimum absolute atomic E-state index is 0.140. The molecule has 2 N–H and O–H groups in total. The van der Waals surface area contributed by atoms with Crippen LogP contribution in [0.3, 0.4) is 0 Å². The first-order valence-electron chi connectivity index (χ1n) is 4.88. The molecule has 1 amide bonds. The molecule has 0 saturated carbocycles. The van der Waals surface area contributed by atoms with Gasteiger partial charge in [0, 0.05) is 16.7 Å². The van der Waals surface area contributed by atoms with Crippen molar-refractivity contribution in [1.82, 2.24) is 4.90 Å². The molecule has 84 valence electrons. The maximum absolute atomic E-state index is 12.1. The standard InChI is InChI=1S/C12H13BrN2O/c1-3-7-15(4-2)12(16)10-8-9(13)5-6-11(10)14/h1,5-6,8H,4,7,14H2,2H3. The largest absolute Gasteiger partial charge is 0.398 e. The topological polar surface area (TPSA) is 46.3 Å². The van der Waals surface area contributed by atoms with Crippen LogP contribution >= 0.6 is 15.9 Å². The number of halogens is 1. The van der Waals surface area contributed by atoms with Crippen molar-refractivity contribution >= 4 is 27.5 Å². The monoisotopic (exact) mass is 280 g/mol. The zero-order chi connectivity index (χ0) is 12.1. The number of carbonyl (C=O) groups is 1. The lowest BCUT2D eigenvalue weighted by Crippen LogP contribution is -2.31. The van der Waals surface area contributed by atoms with E-state index in [1.165, 1.54) is 0 Å². The summed E-state index contributed by atoms with van der Waals surface area (Å²) in [6.07, 6.45) is 5.20. The SMILES string of the molecule is C#CCN(CC)C(=O)c1cc(Br)ccc1N. The van der Waals surface area contributed by atoms with Crippen LogP contribution in [0.2, 0.25) is 0 Å². The predicted molar refractivity (Wildman–Crippen MR) is 69.0 cm³/mol. The number of anilines is 1. The highest BCUT2D eigenvalue weighted by molar-refractivity contribution is 9.10. The Kier molecular flexibility index (Phi) is 4.39. The molecule has 3 nitrogen and oxygen atoms in total. The second-order valence-electron chi connectivity index (χ2n) is 3.26. The molecule has 0 heterocycles. The maximum atomic E-state index is 12.1. The van der Waals surface area contributed by atoms with Crippen LogP contribution in [0.1, 0.15) is 17.3 Å². The Balaban J connectivity index is 3.03. The molecule has 0 aliphatic rings. The van der Waals surface area contributed by atoms with Gasteiger partial charge in [0.2, 0.25) is 0 Å². The molecule has 0 fully saturated rings. The van der Waals surface area contributed by atoms with E-state index >= 15 is 0 Å². The quantitative estimate of drug-likeness (QED) is 0.681. The Morgan fingerprint density at radius 1 is 1.62 bits per heavy atom. The van der Waals surface area contributed by atoms with E-state index in [-0.39, 0.29) is 5.91 Å². The molecule has 0 atom stereocenters. The van der Waals surface area contributed by atoms with Crippen LogP contribution in [0.5, 0.6) is 0 Å². The molecule has 0 unspecified atom stereocenters. The molecule has 0 bridgehead atoms. The number of nitrogen functional groups attached to an aromatic ring is 1. The van der Waals surface area contributed by atoms with Gasteiger partial charge in [-0.25, -0.2) is 0 Å². The lowest BCUT2D eigenvalue weighted by molar-refractivity contribution is 0.0786. The third-order valence-electron chi connectivity index (χ3n) is 2.20. The number of rotatable bonds is 3. The Hall–Kier alpha value is -1.47. The van der Waals surface area contributed by atoms with Crippen LogP contribution in [-0.2, 0) is 0 Å². The summed E-state index contributed by atoms with van der Waals surface area (Å²) in [4.78, 5) is 13.6. The third-order valence-corrected chi connectivity index (χ3v) is 2.69. The van der Waals surface area contributed by atoms with Crippen molar-refractivity contribution < 1.29 is 4.79 Å². The highest BCUT2D eigenvalue weighted by Gasteiger charge is 2.15. The summed E-state index contributed by atoms with van der Waals surface area (Å²) >= 11 is 3.31. The molecular formula is C12H13BrN2O. The van der Waals surface area contributed by atoms with E-state index in [0.717, 1.165) is 4.47 Å². The minimum Gasteiger partial charge on any atom is -0.398 e. The Bertz CT molecular complexity index is 437. The van der Waals surface area contributed by atoms with Crippen LogP contribution < -0.4 is 5.73 Å². The summed E-state index contributed by atoms with van der Waals surface area (Å²) in [6.45, 7) is 2.74. The van der Waals surface area contributed by atoms with Crippen LogP contribution in [0.15, 0.2) is 22.7 Å². The molecule has 1 aromatic carbocycles. The summed E-state index contributed by atoms with van der Waals surface area (Å²) in [6, 6.07) is 5.20. The average Bonchev–Trinajstić information content (AvgIpc) is 2.28. The summed E-state index contributed by atoms with van der Waals surface area (Å²) < 4.78 is 0.821. The van der Waals surface area contributed by atoms with Crippen molar-refractivity contribution in [3.8, 4) is 12.3 Å². The molecule has 16 heavy (non-hydrogen) atoms. The number of hydrogen-bond acceptors (Lipinski definition) is 2. The number of benzene rings is 1. The molecule has 4 heteroatoms. The predicted octanol–water partition coefficient (Wildman–Crippen LogP) is 2.13. The van der Waals surface area contributed by atoms with E-state index < -0.39 is 0 Å². The molecule has 0 radical (unpaired) electrons. The van der Waals surface area contributed by atoms with Crippen molar-refractivity contribution in [3.05, 3.63) is 28.2 Å². The highest BCUT2D eigenvalue weighted by atomic mass is 79.9. The van der Waals surface area contributed by atoms with E-state index in [2.05, 4.69) is 21.9 Å². The maximum Gasteiger partial charge on any atom is 0.256 e. The van der Waals surface area contributed by atoms with Crippen molar-refractivity contribution in [2.24, 2.45) is 0 Å². The van der Waals surface area contributed by atoms with E-state index in [0.29, 0.717) is 24.3 Å². The van der Waals surface area contributed by atoms with Gasteiger partial charge in [0.25, 0.3) is 5.91 Å². The van der Waals surface area contributed by atoms with Crippen molar-refractivity contribution in [1.29, 1.82) is 0 Å².